The van der Waals surface area contributed by atoms with E-state index in [1.807, 2.05) is 0 Å². The molecule has 0 unspecified atom stereocenters. The van der Waals surface area contributed by atoms with Gasteiger partial charge in [-0.1, -0.05) is 0 Å². The maximum atomic E-state index is 10.7. The number of amidine groups is 1. The van der Waals surface area contributed by atoms with Crippen molar-refractivity contribution in [1.29, 1.82) is 0 Å². The lowest BCUT2D eigenvalue weighted by atomic mass is 10.6. The van der Waals surface area contributed by atoms with Crippen molar-refractivity contribution in [3.05, 3.63) is 0 Å². The number of hydrogen-bond donors (Lipinski definition) is 1. The van der Waals surface area contributed by atoms with E-state index in [0.29, 0.717) is 0 Å². The molecule has 4 heteroatoms. The van der Waals surface area contributed by atoms with E-state index >= 15 is 0 Å². The second-order valence-corrected chi connectivity index (χ2v) is 2.11. The molecule has 0 aromatic heterocycles. The third-order valence-electron chi connectivity index (χ3n) is 1.39. The van der Waals surface area contributed by atoms with Gasteiger partial charge >= 0.3 is 11.9 Å². The number of aliphatic hydroxyl groups excluding tert-OH is 1. The Kier molecular flexibility index (Phi) is 1.16. The lowest BCUT2D eigenvalue weighted by molar-refractivity contribution is -0.488. The van der Waals surface area contributed by atoms with Gasteiger partial charge in [-0.15, -0.1) is 0 Å². The second kappa shape index (κ2) is 1.72. The summed E-state index contributed by atoms with van der Waals surface area (Å²) in [5.74, 6) is -0.0741. The van der Waals surface area contributed by atoms with Crippen LogP contribution in [0.15, 0.2) is 0 Å². The van der Waals surface area contributed by atoms with E-state index in [0.717, 1.165) is 0 Å². The number of rotatable bonds is 0. The van der Waals surface area contributed by atoms with Gasteiger partial charge in [0.15, 0.2) is 6.54 Å². The van der Waals surface area contributed by atoms with Crippen molar-refractivity contribution >= 4 is 11.9 Å². The summed E-state index contributed by atoms with van der Waals surface area (Å²) in [6.45, 7) is 0.280. The molecule has 0 aliphatic carbocycles. The predicted octanol–water partition coefficient (Wildman–Crippen LogP) is -0.985. The number of carbonyl (C=O) groups excluding carboxylic acids is 1. The van der Waals surface area contributed by atoms with Crippen LogP contribution in [-0.4, -0.2) is 47.2 Å². The topological polar surface area (TPSA) is 43.5 Å². The van der Waals surface area contributed by atoms with Crippen LogP contribution in [0.25, 0.3) is 0 Å². The van der Waals surface area contributed by atoms with E-state index in [1.165, 1.54) is 9.48 Å². The number of aliphatic hydroxyl groups is 1. The van der Waals surface area contributed by atoms with Crippen LogP contribution in [-0.2, 0) is 4.79 Å². The Labute approximate surface area is 53.0 Å². The molecule has 0 saturated carbocycles. The molecular weight excluding hydrogens is 120 g/mol. The first-order valence-corrected chi connectivity index (χ1v) is 2.66. The normalized spacial score (nSPS) is 19.8. The number of hydrogen-bond acceptors (Lipinski definition) is 1. The van der Waals surface area contributed by atoms with E-state index in [9.17, 15) is 4.79 Å². The molecule has 0 spiro atoms. The van der Waals surface area contributed by atoms with Gasteiger partial charge in [0.05, 0.1) is 14.1 Å². The summed E-state index contributed by atoms with van der Waals surface area (Å²) in [6, 6.07) is 0.0278. The van der Waals surface area contributed by atoms with Gasteiger partial charge in [0.25, 0.3) is 0 Å². The molecule has 0 bridgehead atoms. The minimum absolute atomic E-state index is 0.0278. The van der Waals surface area contributed by atoms with E-state index in [1.54, 1.807) is 14.1 Å². The van der Waals surface area contributed by atoms with Gasteiger partial charge in [-0.2, -0.15) is 4.90 Å². The van der Waals surface area contributed by atoms with Crippen molar-refractivity contribution < 1.29 is 14.5 Å². The summed E-state index contributed by atoms with van der Waals surface area (Å²) in [4.78, 5) is 11.9. The Bertz CT molecular complexity index is 185. The second-order valence-electron chi connectivity index (χ2n) is 2.11. The number of amides is 1. The van der Waals surface area contributed by atoms with Crippen molar-refractivity contribution in [2.75, 3.05) is 20.6 Å². The first kappa shape index (κ1) is 6.07. The molecule has 1 aliphatic rings. The maximum Gasteiger partial charge on any atom is 0.451 e. The van der Waals surface area contributed by atoms with Gasteiger partial charge in [-0.25, -0.2) is 9.37 Å². The minimum Gasteiger partial charge on any atom is -0.447 e. The molecule has 0 fully saturated rings. The third-order valence-corrected chi connectivity index (χ3v) is 1.39. The molecule has 9 heavy (non-hydrogen) atoms. The molecule has 1 amide bonds. The average Bonchev–Trinajstić information content (AvgIpc) is 1.98. The molecule has 0 aromatic carbocycles. The Balaban J connectivity index is 2.87. The molecule has 4 nitrogen and oxygen atoms in total. The highest BCUT2D eigenvalue weighted by Gasteiger charge is 2.33. The molecule has 0 aromatic rings. The number of likely N-dealkylation sites (N-methyl/N-ethyl adjacent to an activating group) is 2. The molecule has 0 atom stereocenters. The first-order chi connectivity index (χ1) is 4.13. The Hall–Kier alpha value is -1.06. The zero-order valence-electron chi connectivity index (χ0n) is 5.46. The van der Waals surface area contributed by atoms with Crippen LogP contribution in [0, 0.1) is 0 Å². The van der Waals surface area contributed by atoms with Gasteiger partial charge in [0.1, 0.15) is 0 Å². The fourth-order valence-corrected chi connectivity index (χ4v) is 0.747. The third kappa shape index (κ3) is 0.759. The molecule has 50 valence electrons. The summed E-state index contributed by atoms with van der Waals surface area (Å²) in [7, 11) is 3.21. The van der Waals surface area contributed by atoms with Gasteiger partial charge in [-0.3, -0.25) is 0 Å². The highest BCUT2D eigenvalue weighted by atomic mass is 16.3. The molecule has 1 aliphatic heterocycles. The summed E-state index contributed by atoms with van der Waals surface area (Å²) >= 11 is 0. The zero-order chi connectivity index (χ0) is 7.02. The lowest BCUT2D eigenvalue weighted by Gasteiger charge is -1.93. The molecule has 1 heterocycles. The van der Waals surface area contributed by atoms with Crippen LogP contribution in [0.2, 0.25) is 0 Å². The van der Waals surface area contributed by atoms with Crippen LogP contribution >= 0.6 is 0 Å². The Morgan fingerprint density at radius 3 is 2.44 bits per heavy atom. The predicted molar refractivity (Wildman–Crippen MR) is 31.5 cm³/mol. The van der Waals surface area contributed by atoms with Crippen LogP contribution in [0.3, 0.4) is 0 Å². The highest BCUT2D eigenvalue weighted by Crippen LogP contribution is 1.94. The Morgan fingerprint density at radius 1 is 1.78 bits per heavy atom. The van der Waals surface area contributed by atoms with Gasteiger partial charge in [0, 0.05) is 0 Å². The summed E-state index contributed by atoms with van der Waals surface area (Å²) in [5, 5.41) is 8.98. The van der Waals surface area contributed by atoms with Crippen LogP contribution in [0.1, 0.15) is 0 Å². The van der Waals surface area contributed by atoms with Crippen LogP contribution in [0.5, 0.6) is 0 Å². The SMILES string of the molecule is CN1C(=O)C[N+](C)=C1O. The Morgan fingerprint density at radius 2 is 2.33 bits per heavy atom. The molecule has 1 N–H and O–H groups in total. The van der Waals surface area contributed by atoms with Crippen LogP contribution in [0.4, 0.5) is 0 Å². The van der Waals surface area contributed by atoms with Crippen molar-refractivity contribution in [3.63, 3.8) is 0 Å². The van der Waals surface area contributed by atoms with E-state index in [2.05, 4.69) is 0 Å². The van der Waals surface area contributed by atoms with Crippen molar-refractivity contribution in [2.24, 2.45) is 0 Å². The zero-order valence-corrected chi connectivity index (χ0v) is 5.46. The number of carbonyl (C=O) groups is 1. The van der Waals surface area contributed by atoms with Gasteiger partial charge in [-0.05, 0) is 0 Å². The standard InChI is InChI=1S/C5H8N2O2/c1-6-3-4(8)7(2)5(6)9/h3H2,1-2H3/p+1. The molecule has 0 radical (unpaired) electrons. The first-order valence-electron chi connectivity index (χ1n) is 2.66. The summed E-state index contributed by atoms with van der Waals surface area (Å²) in [5.41, 5.74) is 0. The monoisotopic (exact) mass is 129 g/mol. The quantitative estimate of drug-likeness (QED) is 0.427. The number of nitrogens with zero attached hydrogens (tertiary/aromatic N) is 2. The van der Waals surface area contributed by atoms with Gasteiger partial charge in [0.2, 0.25) is 0 Å². The smallest absolute Gasteiger partial charge is 0.447 e. The fourth-order valence-electron chi connectivity index (χ4n) is 0.747. The van der Waals surface area contributed by atoms with Crippen molar-refractivity contribution in [2.45, 2.75) is 0 Å². The summed E-state index contributed by atoms with van der Waals surface area (Å²) in [6.07, 6.45) is 0. The minimum atomic E-state index is -0.0741. The van der Waals surface area contributed by atoms with Gasteiger partial charge < -0.3 is 5.11 Å². The summed E-state index contributed by atoms with van der Waals surface area (Å²) < 4.78 is 1.49. The van der Waals surface area contributed by atoms with E-state index in [-0.39, 0.29) is 18.5 Å². The molecule has 1 rings (SSSR count). The molecular formula is C5H9N2O2+. The van der Waals surface area contributed by atoms with E-state index in [4.69, 9.17) is 5.11 Å². The fraction of sp³-hybridized carbons (Fsp3) is 0.600. The lowest BCUT2D eigenvalue weighted by Crippen LogP contribution is -2.27. The molecule has 0 saturated heterocycles. The highest BCUT2D eigenvalue weighted by molar-refractivity contribution is 5.94. The van der Waals surface area contributed by atoms with Crippen LogP contribution < -0.4 is 0 Å². The maximum absolute atomic E-state index is 10.7. The largest absolute Gasteiger partial charge is 0.451 e. The average molecular weight is 129 g/mol. The van der Waals surface area contributed by atoms with Crippen molar-refractivity contribution in [1.82, 2.24) is 4.90 Å². The van der Waals surface area contributed by atoms with E-state index < -0.39 is 0 Å². The van der Waals surface area contributed by atoms with Crippen molar-refractivity contribution in [3.8, 4) is 0 Å².